The Bertz CT molecular complexity index is 312. The number of anilines is 1. The summed E-state index contributed by atoms with van der Waals surface area (Å²) in [5.74, 6) is -0.328. The van der Waals surface area contributed by atoms with E-state index in [0.29, 0.717) is 16.8 Å². The van der Waals surface area contributed by atoms with Gasteiger partial charge in [-0.05, 0) is 30.2 Å². The Morgan fingerprint density at radius 1 is 1.46 bits per heavy atom. The maximum atomic E-state index is 13.0. The molecule has 0 amide bonds. The molecule has 6 N–H and O–H groups in total. The minimum absolute atomic E-state index is 0.257. The van der Waals surface area contributed by atoms with Crippen molar-refractivity contribution in [2.75, 3.05) is 12.3 Å². The topological polar surface area (TPSA) is 78.1 Å². The second-order valence-corrected chi connectivity index (χ2v) is 3.07. The van der Waals surface area contributed by atoms with E-state index in [4.69, 9.17) is 17.2 Å². The Morgan fingerprint density at radius 2 is 2.08 bits per heavy atom. The zero-order valence-corrected chi connectivity index (χ0v) is 7.55. The number of hydrogen-bond donors (Lipinski definition) is 3. The van der Waals surface area contributed by atoms with Gasteiger partial charge in [0.2, 0.25) is 0 Å². The van der Waals surface area contributed by atoms with E-state index >= 15 is 0 Å². The molecule has 0 unspecified atom stereocenters. The average molecular weight is 183 g/mol. The highest BCUT2D eigenvalue weighted by atomic mass is 19.1. The first-order chi connectivity index (χ1) is 6.06. The van der Waals surface area contributed by atoms with Crippen LogP contribution in [-0.2, 0) is 0 Å². The molecule has 1 aromatic carbocycles. The van der Waals surface area contributed by atoms with E-state index in [1.165, 1.54) is 12.1 Å². The number of nitrogen functional groups attached to an aromatic ring is 1. The molecule has 1 aromatic rings. The molecule has 0 radical (unpaired) electrons. The molecule has 0 saturated heterocycles. The molecule has 1 atom stereocenters. The van der Waals surface area contributed by atoms with Crippen LogP contribution < -0.4 is 17.2 Å². The predicted molar refractivity (Wildman–Crippen MR) is 51.5 cm³/mol. The van der Waals surface area contributed by atoms with Gasteiger partial charge in [-0.2, -0.15) is 0 Å². The SMILES string of the molecule is Cc1cc(F)cc([C@H](N)CN)c1N. The molecule has 0 bridgehead atoms. The van der Waals surface area contributed by atoms with Crippen LogP contribution in [-0.4, -0.2) is 6.54 Å². The summed E-state index contributed by atoms with van der Waals surface area (Å²) in [4.78, 5) is 0. The molecule has 3 nitrogen and oxygen atoms in total. The lowest BCUT2D eigenvalue weighted by Gasteiger charge is -2.14. The van der Waals surface area contributed by atoms with Crippen LogP contribution in [0.15, 0.2) is 12.1 Å². The van der Waals surface area contributed by atoms with E-state index in [-0.39, 0.29) is 12.4 Å². The van der Waals surface area contributed by atoms with Crippen LogP contribution in [0.5, 0.6) is 0 Å². The highest BCUT2D eigenvalue weighted by Crippen LogP contribution is 2.23. The number of aryl methyl sites for hydroxylation is 1. The minimum atomic E-state index is -0.394. The largest absolute Gasteiger partial charge is 0.398 e. The fourth-order valence-corrected chi connectivity index (χ4v) is 1.21. The van der Waals surface area contributed by atoms with Crippen molar-refractivity contribution < 1.29 is 4.39 Å². The molecule has 0 aliphatic rings. The molecule has 0 fully saturated rings. The fraction of sp³-hybridized carbons (Fsp3) is 0.333. The second-order valence-electron chi connectivity index (χ2n) is 3.07. The van der Waals surface area contributed by atoms with Gasteiger partial charge in [0, 0.05) is 18.3 Å². The molecular formula is C9H14FN3. The standard InChI is InChI=1S/C9H14FN3/c1-5-2-6(10)3-7(9(5)13)8(12)4-11/h2-3,8H,4,11-13H2,1H3/t8-/m1/s1. The molecule has 1 rings (SSSR count). The van der Waals surface area contributed by atoms with Gasteiger partial charge >= 0.3 is 0 Å². The maximum Gasteiger partial charge on any atom is 0.123 e. The summed E-state index contributed by atoms with van der Waals surface area (Å²) >= 11 is 0. The van der Waals surface area contributed by atoms with Gasteiger partial charge in [-0.1, -0.05) is 0 Å². The monoisotopic (exact) mass is 183 g/mol. The van der Waals surface area contributed by atoms with Crippen LogP contribution in [0.3, 0.4) is 0 Å². The van der Waals surface area contributed by atoms with Crippen LogP contribution in [0.1, 0.15) is 17.2 Å². The zero-order chi connectivity index (χ0) is 10.0. The Kier molecular flexibility index (Phi) is 2.85. The molecule has 13 heavy (non-hydrogen) atoms. The van der Waals surface area contributed by atoms with Crippen LogP contribution in [0.4, 0.5) is 10.1 Å². The average Bonchev–Trinajstić information content (AvgIpc) is 2.10. The summed E-state index contributed by atoms with van der Waals surface area (Å²) in [7, 11) is 0. The van der Waals surface area contributed by atoms with Crippen molar-refractivity contribution in [1.29, 1.82) is 0 Å². The number of benzene rings is 1. The van der Waals surface area contributed by atoms with Gasteiger partial charge in [-0.3, -0.25) is 0 Å². The number of nitrogens with two attached hydrogens (primary N) is 3. The molecule has 0 saturated carbocycles. The Balaban J connectivity index is 3.20. The highest BCUT2D eigenvalue weighted by Gasteiger charge is 2.10. The zero-order valence-electron chi connectivity index (χ0n) is 7.55. The van der Waals surface area contributed by atoms with Gasteiger partial charge in [-0.15, -0.1) is 0 Å². The summed E-state index contributed by atoms with van der Waals surface area (Å²) in [6.07, 6.45) is 0. The van der Waals surface area contributed by atoms with Gasteiger partial charge in [0.15, 0.2) is 0 Å². The molecule has 0 aromatic heterocycles. The maximum absolute atomic E-state index is 13.0. The number of hydrogen-bond acceptors (Lipinski definition) is 3. The van der Waals surface area contributed by atoms with Crippen molar-refractivity contribution in [3.63, 3.8) is 0 Å². The molecule has 4 heteroatoms. The molecule has 0 spiro atoms. The van der Waals surface area contributed by atoms with Crippen molar-refractivity contribution >= 4 is 5.69 Å². The van der Waals surface area contributed by atoms with Gasteiger partial charge in [0.25, 0.3) is 0 Å². The van der Waals surface area contributed by atoms with Crippen LogP contribution >= 0.6 is 0 Å². The fourth-order valence-electron chi connectivity index (χ4n) is 1.21. The highest BCUT2D eigenvalue weighted by molar-refractivity contribution is 5.54. The number of rotatable bonds is 2. The first kappa shape index (κ1) is 9.95. The van der Waals surface area contributed by atoms with Crippen molar-refractivity contribution in [2.45, 2.75) is 13.0 Å². The summed E-state index contributed by atoms with van der Waals surface area (Å²) in [6.45, 7) is 2.00. The van der Waals surface area contributed by atoms with Gasteiger partial charge in [-0.25, -0.2) is 4.39 Å². The summed E-state index contributed by atoms with van der Waals surface area (Å²) < 4.78 is 13.0. The lowest BCUT2D eigenvalue weighted by atomic mass is 10.0. The van der Waals surface area contributed by atoms with Gasteiger partial charge in [0.05, 0.1) is 0 Å². The van der Waals surface area contributed by atoms with Crippen molar-refractivity contribution in [1.82, 2.24) is 0 Å². The summed E-state index contributed by atoms with van der Waals surface area (Å²) in [6, 6.07) is 2.32. The lowest BCUT2D eigenvalue weighted by Crippen LogP contribution is -2.22. The van der Waals surface area contributed by atoms with Crippen LogP contribution in [0, 0.1) is 12.7 Å². The third-order valence-electron chi connectivity index (χ3n) is 2.04. The van der Waals surface area contributed by atoms with Gasteiger partial charge in [0.1, 0.15) is 5.82 Å². The first-order valence-electron chi connectivity index (χ1n) is 4.07. The molecular weight excluding hydrogens is 169 g/mol. The van der Waals surface area contributed by atoms with Crippen molar-refractivity contribution in [3.8, 4) is 0 Å². The Morgan fingerprint density at radius 3 is 2.62 bits per heavy atom. The van der Waals surface area contributed by atoms with E-state index < -0.39 is 6.04 Å². The Labute approximate surface area is 76.7 Å². The van der Waals surface area contributed by atoms with Crippen LogP contribution in [0.25, 0.3) is 0 Å². The van der Waals surface area contributed by atoms with Crippen molar-refractivity contribution in [2.24, 2.45) is 11.5 Å². The predicted octanol–water partition coefficient (Wildman–Crippen LogP) is 0.675. The molecule has 0 aliphatic heterocycles. The minimum Gasteiger partial charge on any atom is -0.398 e. The normalized spacial score (nSPS) is 12.9. The van der Waals surface area contributed by atoms with E-state index in [1.54, 1.807) is 6.92 Å². The number of halogens is 1. The molecule has 0 aliphatic carbocycles. The second kappa shape index (κ2) is 3.72. The summed E-state index contributed by atoms with van der Waals surface area (Å²) in [5.41, 5.74) is 18.6. The third kappa shape index (κ3) is 1.96. The Hall–Kier alpha value is -1.13. The van der Waals surface area contributed by atoms with Crippen LogP contribution in [0.2, 0.25) is 0 Å². The molecule has 72 valence electrons. The van der Waals surface area contributed by atoms with Gasteiger partial charge < -0.3 is 17.2 Å². The summed E-state index contributed by atoms with van der Waals surface area (Å²) in [5, 5.41) is 0. The quantitative estimate of drug-likeness (QED) is 0.590. The van der Waals surface area contributed by atoms with Crippen molar-refractivity contribution in [3.05, 3.63) is 29.1 Å². The van der Waals surface area contributed by atoms with E-state index in [2.05, 4.69) is 0 Å². The molecule has 0 heterocycles. The van der Waals surface area contributed by atoms with E-state index in [9.17, 15) is 4.39 Å². The lowest BCUT2D eigenvalue weighted by molar-refractivity contribution is 0.619. The smallest absolute Gasteiger partial charge is 0.123 e. The first-order valence-corrected chi connectivity index (χ1v) is 4.07. The van der Waals surface area contributed by atoms with E-state index in [0.717, 1.165) is 0 Å². The van der Waals surface area contributed by atoms with E-state index in [1.807, 2.05) is 0 Å². The third-order valence-corrected chi connectivity index (χ3v) is 2.04.